The van der Waals surface area contributed by atoms with Crippen LogP contribution in [-0.4, -0.2) is 45.7 Å². The van der Waals surface area contributed by atoms with E-state index >= 15 is 0 Å². The fraction of sp³-hybridized carbons (Fsp3) is 0.565. The van der Waals surface area contributed by atoms with Crippen molar-refractivity contribution in [3.63, 3.8) is 0 Å². The number of carbonyl (C=O) groups is 1. The first-order chi connectivity index (χ1) is 14.3. The molecular formula is C23H28ClN3O3. The van der Waals surface area contributed by atoms with Gasteiger partial charge in [-0.05, 0) is 56.7 Å². The molecule has 30 heavy (non-hydrogen) atoms. The van der Waals surface area contributed by atoms with Crippen molar-refractivity contribution in [2.24, 2.45) is 18.4 Å². The fourth-order valence-electron chi connectivity index (χ4n) is 5.34. The lowest BCUT2D eigenvalue weighted by Gasteiger charge is -2.54. The normalized spacial score (nSPS) is 26.6. The molecular weight excluding hydrogens is 402 g/mol. The molecule has 5 rings (SSSR count). The quantitative estimate of drug-likeness (QED) is 0.680. The fourth-order valence-corrected chi connectivity index (χ4v) is 5.52. The van der Waals surface area contributed by atoms with E-state index in [2.05, 4.69) is 18.8 Å². The zero-order valence-electron chi connectivity index (χ0n) is 17.7. The van der Waals surface area contributed by atoms with Crippen LogP contribution in [0.1, 0.15) is 55.3 Å². The van der Waals surface area contributed by atoms with Gasteiger partial charge in [0.05, 0.1) is 19.0 Å². The number of rotatable bonds is 1. The molecule has 0 radical (unpaired) electrons. The number of piperidine rings is 1. The van der Waals surface area contributed by atoms with E-state index in [0.717, 1.165) is 43.7 Å². The Labute approximate surface area is 182 Å². The highest BCUT2D eigenvalue weighted by Gasteiger charge is 2.53. The molecule has 0 aliphatic carbocycles. The number of imidazole rings is 1. The monoisotopic (exact) mass is 429 g/mol. The van der Waals surface area contributed by atoms with Gasteiger partial charge in [-0.3, -0.25) is 4.79 Å². The summed E-state index contributed by atoms with van der Waals surface area (Å²) in [5, 5.41) is 0.709. The summed E-state index contributed by atoms with van der Waals surface area (Å²) in [6, 6.07) is 5.80. The van der Waals surface area contributed by atoms with Gasteiger partial charge in [0.25, 0.3) is 5.91 Å². The molecule has 1 amide bonds. The first-order valence-corrected chi connectivity index (χ1v) is 11.0. The maximum atomic E-state index is 12.8. The number of fused-ring (bicyclic) bond motifs is 3. The van der Waals surface area contributed by atoms with Gasteiger partial charge in [-0.1, -0.05) is 11.6 Å². The Kier molecular flexibility index (Phi) is 4.63. The summed E-state index contributed by atoms with van der Waals surface area (Å²) >= 11 is 6.26. The second-order valence-corrected chi connectivity index (χ2v) is 10.1. The van der Waals surface area contributed by atoms with Gasteiger partial charge in [0.2, 0.25) is 0 Å². The van der Waals surface area contributed by atoms with Gasteiger partial charge < -0.3 is 18.9 Å². The molecule has 2 atom stereocenters. The van der Waals surface area contributed by atoms with Gasteiger partial charge in [-0.25, -0.2) is 4.98 Å². The van der Waals surface area contributed by atoms with E-state index in [0.29, 0.717) is 17.3 Å². The highest BCUT2D eigenvalue weighted by molar-refractivity contribution is 6.30. The van der Waals surface area contributed by atoms with Gasteiger partial charge in [-0.2, -0.15) is 0 Å². The number of likely N-dealkylation sites (tertiary alicyclic amines) is 1. The van der Waals surface area contributed by atoms with Gasteiger partial charge in [0.1, 0.15) is 17.0 Å². The molecule has 1 aromatic heterocycles. The lowest BCUT2D eigenvalue weighted by atomic mass is 9.64. The zero-order chi connectivity index (χ0) is 21.1. The van der Waals surface area contributed by atoms with Crippen LogP contribution in [0.4, 0.5) is 0 Å². The van der Waals surface area contributed by atoms with Crippen LogP contribution >= 0.6 is 11.6 Å². The van der Waals surface area contributed by atoms with Crippen molar-refractivity contribution in [2.75, 3.05) is 19.7 Å². The molecule has 3 aliphatic heterocycles. The molecule has 7 heteroatoms. The molecule has 0 bridgehead atoms. The third kappa shape index (κ3) is 3.30. The molecule has 1 spiro atoms. The predicted octanol–water partition coefficient (Wildman–Crippen LogP) is 4.24. The van der Waals surface area contributed by atoms with E-state index in [9.17, 15) is 4.79 Å². The van der Waals surface area contributed by atoms with Crippen molar-refractivity contribution < 1.29 is 14.3 Å². The molecule has 0 saturated carbocycles. The molecule has 3 aliphatic rings. The predicted molar refractivity (Wildman–Crippen MR) is 114 cm³/mol. The molecule has 0 unspecified atom stereocenters. The van der Waals surface area contributed by atoms with E-state index in [1.165, 1.54) is 0 Å². The van der Waals surface area contributed by atoms with Crippen molar-refractivity contribution in [2.45, 2.75) is 44.8 Å². The van der Waals surface area contributed by atoms with E-state index in [1.807, 2.05) is 34.7 Å². The third-order valence-corrected chi connectivity index (χ3v) is 7.40. The van der Waals surface area contributed by atoms with Gasteiger partial charge in [0.15, 0.2) is 0 Å². The van der Waals surface area contributed by atoms with Gasteiger partial charge >= 0.3 is 0 Å². The number of amides is 1. The van der Waals surface area contributed by atoms with Crippen molar-refractivity contribution in [3.8, 4) is 5.75 Å². The minimum atomic E-state index is -0.320. The highest BCUT2D eigenvalue weighted by atomic mass is 35.5. The summed E-state index contributed by atoms with van der Waals surface area (Å²) in [5.74, 6) is 1.14. The van der Waals surface area contributed by atoms with Gasteiger partial charge in [-0.15, -0.1) is 0 Å². The molecule has 0 N–H and O–H groups in total. The van der Waals surface area contributed by atoms with Crippen molar-refractivity contribution >= 4 is 17.5 Å². The smallest absolute Gasteiger partial charge is 0.274 e. The Morgan fingerprint density at radius 1 is 1.27 bits per heavy atom. The first kappa shape index (κ1) is 19.9. The number of benzene rings is 1. The minimum absolute atomic E-state index is 0.00116. The number of hydrogen-bond donors (Lipinski definition) is 0. The average Bonchev–Trinajstić information content (AvgIpc) is 3.15. The second kappa shape index (κ2) is 6.99. The number of halogens is 1. The standard InChI is InChI=1S/C23H28ClN3O3/c1-22(2)17-11-23(13-29-20(17)16-10-15(24)4-5-19(16)30-22)6-8-27(9-7-23)21(28)18-12-26(3)14-25-18/h4-5,10,12,14,17,20H,6-9,11,13H2,1-3H3/t17-,20+/m0/s1. The summed E-state index contributed by atoms with van der Waals surface area (Å²) in [7, 11) is 1.88. The zero-order valence-corrected chi connectivity index (χ0v) is 18.5. The molecule has 160 valence electrons. The third-order valence-electron chi connectivity index (χ3n) is 7.17. The van der Waals surface area contributed by atoms with Crippen molar-refractivity contribution in [1.82, 2.24) is 14.5 Å². The van der Waals surface area contributed by atoms with Crippen LogP contribution in [0.3, 0.4) is 0 Å². The summed E-state index contributed by atoms with van der Waals surface area (Å²) in [6.45, 7) is 6.50. The van der Waals surface area contributed by atoms with Crippen LogP contribution in [0.25, 0.3) is 0 Å². The van der Waals surface area contributed by atoms with Crippen LogP contribution in [0.5, 0.6) is 5.75 Å². The number of aromatic nitrogens is 2. The molecule has 2 aromatic rings. The number of carbonyl (C=O) groups excluding carboxylic acids is 1. The summed E-state index contributed by atoms with van der Waals surface area (Å²) in [6.07, 6.45) is 6.36. The average molecular weight is 430 g/mol. The SMILES string of the molecule is Cn1cnc(C(=O)N2CCC3(CC2)CO[C@@H]2c4cc(Cl)ccc4OC(C)(C)[C@H]2C3)c1. The van der Waals surface area contributed by atoms with Crippen molar-refractivity contribution in [3.05, 3.63) is 47.0 Å². The maximum absolute atomic E-state index is 12.8. The summed E-state index contributed by atoms with van der Waals surface area (Å²) in [5.41, 5.74) is 1.34. The lowest BCUT2D eigenvalue weighted by molar-refractivity contribution is -0.173. The van der Waals surface area contributed by atoms with E-state index in [1.54, 1.807) is 12.5 Å². The summed E-state index contributed by atoms with van der Waals surface area (Å²) < 4.78 is 14.7. The molecule has 1 aromatic carbocycles. The Hall–Kier alpha value is -2.05. The van der Waals surface area contributed by atoms with Gasteiger partial charge in [0, 0.05) is 42.8 Å². The molecule has 4 heterocycles. The number of ether oxygens (including phenoxy) is 2. The van der Waals surface area contributed by atoms with E-state index in [4.69, 9.17) is 21.1 Å². The van der Waals surface area contributed by atoms with E-state index < -0.39 is 0 Å². The topological polar surface area (TPSA) is 56.6 Å². The second-order valence-electron chi connectivity index (χ2n) is 9.65. The molecule has 6 nitrogen and oxygen atoms in total. The van der Waals surface area contributed by atoms with Crippen LogP contribution < -0.4 is 4.74 Å². The van der Waals surface area contributed by atoms with Crippen molar-refractivity contribution in [1.29, 1.82) is 0 Å². The Morgan fingerprint density at radius 2 is 2.03 bits per heavy atom. The Balaban J connectivity index is 1.32. The van der Waals surface area contributed by atoms with Crippen LogP contribution in [0.15, 0.2) is 30.7 Å². The maximum Gasteiger partial charge on any atom is 0.274 e. The largest absolute Gasteiger partial charge is 0.487 e. The summed E-state index contributed by atoms with van der Waals surface area (Å²) in [4.78, 5) is 18.9. The lowest BCUT2D eigenvalue weighted by Crippen LogP contribution is -2.54. The minimum Gasteiger partial charge on any atom is -0.487 e. The number of hydrogen-bond acceptors (Lipinski definition) is 4. The Morgan fingerprint density at radius 3 is 2.73 bits per heavy atom. The van der Waals surface area contributed by atoms with Crippen LogP contribution in [-0.2, 0) is 11.8 Å². The first-order valence-electron chi connectivity index (χ1n) is 10.6. The van der Waals surface area contributed by atoms with Crippen LogP contribution in [0.2, 0.25) is 5.02 Å². The number of aryl methyl sites for hydroxylation is 1. The highest BCUT2D eigenvalue weighted by Crippen LogP contribution is 2.55. The molecule has 2 saturated heterocycles. The Bertz CT molecular complexity index is 978. The molecule has 2 fully saturated rings. The van der Waals surface area contributed by atoms with E-state index in [-0.39, 0.29) is 28.9 Å². The number of nitrogens with zero attached hydrogens (tertiary/aromatic N) is 3. The van der Waals surface area contributed by atoms with Crippen LogP contribution in [0, 0.1) is 11.3 Å².